The van der Waals surface area contributed by atoms with Gasteiger partial charge in [0.1, 0.15) is 6.04 Å². The SMILES string of the molecule is CC[C@H](C)NC(=O)[C@H](Cc1ccccc1)N(Cc1ccc(C)cc1)C(=O)Cc1ccccc1C. The third-order valence-electron chi connectivity index (χ3n) is 6.35. The third kappa shape index (κ3) is 7.05. The summed E-state index contributed by atoms with van der Waals surface area (Å²) in [6, 6.07) is 25.5. The van der Waals surface area contributed by atoms with Crippen molar-refractivity contribution in [2.24, 2.45) is 0 Å². The lowest BCUT2D eigenvalue weighted by molar-refractivity contribution is -0.141. The van der Waals surface area contributed by atoms with E-state index in [1.165, 1.54) is 0 Å². The van der Waals surface area contributed by atoms with Crippen LogP contribution in [0.4, 0.5) is 0 Å². The number of carbonyl (C=O) groups is 2. The topological polar surface area (TPSA) is 49.4 Å². The number of benzene rings is 3. The first kappa shape index (κ1) is 25.2. The Kier molecular flexibility index (Phi) is 9.03. The number of carbonyl (C=O) groups excluding carboxylic acids is 2. The minimum absolute atomic E-state index is 0.0402. The van der Waals surface area contributed by atoms with Crippen molar-refractivity contribution in [2.45, 2.75) is 65.6 Å². The summed E-state index contributed by atoms with van der Waals surface area (Å²) in [5.74, 6) is -0.154. The molecule has 3 aromatic carbocycles. The van der Waals surface area contributed by atoms with Gasteiger partial charge in [-0.05, 0) is 49.4 Å². The Morgan fingerprint density at radius 1 is 0.853 bits per heavy atom. The van der Waals surface area contributed by atoms with Crippen molar-refractivity contribution < 1.29 is 9.59 Å². The zero-order valence-corrected chi connectivity index (χ0v) is 20.8. The molecule has 0 saturated carbocycles. The van der Waals surface area contributed by atoms with Gasteiger partial charge in [-0.15, -0.1) is 0 Å². The van der Waals surface area contributed by atoms with Crippen LogP contribution in [-0.4, -0.2) is 28.8 Å². The highest BCUT2D eigenvalue weighted by molar-refractivity contribution is 5.89. The maximum atomic E-state index is 13.8. The van der Waals surface area contributed by atoms with Gasteiger partial charge in [-0.1, -0.05) is 91.3 Å². The molecule has 0 spiro atoms. The molecule has 0 bridgehead atoms. The highest BCUT2D eigenvalue weighted by Gasteiger charge is 2.31. The van der Waals surface area contributed by atoms with Gasteiger partial charge in [-0.3, -0.25) is 9.59 Å². The Hall–Kier alpha value is -3.40. The van der Waals surface area contributed by atoms with Crippen LogP contribution in [0.5, 0.6) is 0 Å². The summed E-state index contributed by atoms with van der Waals surface area (Å²) in [5.41, 5.74) is 5.27. The number of hydrogen-bond donors (Lipinski definition) is 1. The molecule has 4 nitrogen and oxygen atoms in total. The maximum absolute atomic E-state index is 13.8. The van der Waals surface area contributed by atoms with Crippen LogP contribution in [0.15, 0.2) is 78.9 Å². The molecule has 0 aromatic heterocycles. The molecule has 0 heterocycles. The lowest BCUT2D eigenvalue weighted by atomic mass is 10.00. The molecule has 0 aliphatic rings. The van der Waals surface area contributed by atoms with E-state index < -0.39 is 6.04 Å². The van der Waals surface area contributed by atoms with Gasteiger partial charge in [0.25, 0.3) is 0 Å². The van der Waals surface area contributed by atoms with Crippen LogP contribution in [0.2, 0.25) is 0 Å². The molecule has 4 heteroatoms. The van der Waals surface area contributed by atoms with Crippen LogP contribution >= 0.6 is 0 Å². The first-order valence-corrected chi connectivity index (χ1v) is 12.1. The molecule has 3 rings (SSSR count). The first-order valence-electron chi connectivity index (χ1n) is 12.1. The van der Waals surface area contributed by atoms with E-state index in [0.29, 0.717) is 13.0 Å². The summed E-state index contributed by atoms with van der Waals surface area (Å²) in [7, 11) is 0. The minimum atomic E-state index is -0.603. The molecule has 0 aliphatic carbocycles. The van der Waals surface area contributed by atoms with Crippen LogP contribution in [0.25, 0.3) is 0 Å². The summed E-state index contributed by atoms with van der Waals surface area (Å²) in [6.07, 6.45) is 1.56. The van der Waals surface area contributed by atoms with E-state index in [2.05, 4.69) is 5.32 Å². The number of rotatable bonds is 10. The van der Waals surface area contributed by atoms with Crippen LogP contribution < -0.4 is 5.32 Å². The molecular weight excluding hydrogens is 420 g/mol. The van der Waals surface area contributed by atoms with E-state index in [9.17, 15) is 9.59 Å². The van der Waals surface area contributed by atoms with Crippen molar-refractivity contribution in [1.29, 1.82) is 0 Å². The zero-order chi connectivity index (χ0) is 24.5. The average molecular weight is 457 g/mol. The van der Waals surface area contributed by atoms with E-state index in [1.54, 1.807) is 4.90 Å². The van der Waals surface area contributed by atoms with Crippen molar-refractivity contribution in [3.05, 3.63) is 107 Å². The van der Waals surface area contributed by atoms with Gasteiger partial charge in [0, 0.05) is 19.0 Å². The highest BCUT2D eigenvalue weighted by atomic mass is 16.2. The van der Waals surface area contributed by atoms with Gasteiger partial charge in [0.2, 0.25) is 11.8 Å². The Morgan fingerprint density at radius 2 is 1.50 bits per heavy atom. The molecule has 0 unspecified atom stereocenters. The first-order chi connectivity index (χ1) is 16.4. The average Bonchev–Trinajstić information content (AvgIpc) is 2.84. The van der Waals surface area contributed by atoms with Gasteiger partial charge in [-0.25, -0.2) is 0 Å². The van der Waals surface area contributed by atoms with Crippen LogP contribution in [0.1, 0.15) is 48.1 Å². The number of amides is 2. The largest absolute Gasteiger partial charge is 0.352 e. The van der Waals surface area contributed by atoms with E-state index in [-0.39, 0.29) is 24.3 Å². The smallest absolute Gasteiger partial charge is 0.243 e. The highest BCUT2D eigenvalue weighted by Crippen LogP contribution is 2.18. The monoisotopic (exact) mass is 456 g/mol. The molecule has 34 heavy (non-hydrogen) atoms. The lowest BCUT2D eigenvalue weighted by Gasteiger charge is -2.32. The molecule has 0 fully saturated rings. The Bertz CT molecular complexity index is 1080. The van der Waals surface area contributed by atoms with Gasteiger partial charge >= 0.3 is 0 Å². The molecule has 1 N–H and O–H groups in total. The second-order valence-corrected chi connectivity index (χ2v) is 9.13. The molecular formula is C30H36N2O2. The summed E-state index contributed by atoms with van der Waals surface area (Å²) < 4.78 is 0. The van der Waals surface area contributed by atoms with Gasteiger partial charge in [0.05, 0.1) is 6.42 Å². The molecule has 2 atom stereocenters. The molecule has 0 radical (unpaired) electrons. The van der Waals surface area contributed by atoms with Gasteiger partial charge in [0.15, 0.2) is 0 Å². The number of nitrogens with zero attached hydrogens (tertiary/aromatic N) is 1. The van der Waals surface area contributed by atoms with E-state index in [1.807, 2.05) is 107 Å². The quantitative estimate of drug-likeness (QED) is 0.444. The Morgan fingerprint density at radius 3 is 2.15 bits per heavy atom. The van der Waals surface area contributed by atoms with E-state index >= 15 is 0 Å². The van der Waals surface area contributed by atoms with Crippen molar-refractivity contribution in [1.82, 2.24) is 10.2 Å². The summed E-state index contributed by atoms with van der Waals surface area (Å²) in [4.78, 5) is 29.1. The van der Waals surface area contributed by atoms with Crippen LogP contribution in [-0.2, 0) is 29.0 Å². The summed E-state index contributed by atoms with van der Waals surface area (Å²) in [5, 5.41) is 3.12. The molecule has 0 saturated heterocycles. The number of nitrogens with one attached hydrogen (secondary N) is 1. The zero-order valence-electron chi connectivity index (χ0n) is 20.8. The predicted octanol–water partition coefficient (Wildman–Crippen LogP) is 5.40. The minimum Gasteiger partial charge on any atom is -0.352 e. The Balaban J connectivity index is 1.97. The third-order valence-corrected chi connectivity index (χ3v) is 6.35. The molecule has 0 aliphatic heterocycles. The van der Waals surface area contributed by atoms with Crippen molar-refractivity contribution >= 4 is 11.8 Å². The lowest BCUT2D eigenvalue weighted by Crippen LogP contribution is -2.52. The standard InChI is InChI=1S/C30H36N2O2/c1-5-24(4)31-30(34)28(19-25-12-7-6-8-13-25)32(21-26-17-15-22(2)16-18-26)29(33)20-27-14-10-9-11-23(27)3/h6-18,24,28H,5,19-21H2,1-4H3,(H,31,34)/t24-,28-/m0/s1. The number of hydrogen-bond acceptors (Lipinski definition) is 2. The van der Waals surface area contributed by atoms with Gasteiger partial charge in [-0.2, -0.15) is 0 Å². The second kappa shape index (κ2) is 12.2. The fraction of sp³-hybridized carbons (Fsp3) is 0.333. The van der Waals surface area contributed by atoms with Crippen LogP contribution in [0.3, 0.4) is 0 Å². The Labute approximate surface area is 204 Å². The maximum Gasteiger partial charge on any atom is 0.243 e. The van der Waals surface area contributed by atoms with Gasteiger partial charge < -0.3 is 10.2 Å². The molecule has 2 amide bonds. The fourth-order valence-electron chi connectivity index (χ4n) is 3.96. The van der Waals surface area contributed by atoms with Crippen LogP contribution in [0, 0.1) is 13.8 Å². The predicted molar refractivity (Wildman–Crippen MR) is 138 cm³/mol. The summed E-state index contributed by atoms with van der Waals surface area (Å²) in [6.45, 7) is 8.49. The summed E-state index contributed by atoms with van der Waals surface area (Å²) >= 11 is 0. The second-order valence-electron chi connectivity index (χ2n) is 9.13. The van der Waals surface area contributed by atoms with E-state index in [4.69, 9.17) is 0 Å². The van der Waals surface area contributed by atoms with Crippen molar-refractivity contribution in [2.75, 3.05) is 0 Å². The fourth-order valence-corrected chi connectivity index (χ4v) is 3.96. The molecule has 178 valence electrons. The normalized spacial score (nSPS) is 12.6. The molecule has 3 aromatic rings. The van der Waals surface area contributed by atoms with Crippen molar-refractivity contribution in [3.63, 3.8) is 0 Å². The van der Waals surface area contributed by atoms with Crippen molar-refractivity contribution in [3.8, 4) is 0 Å². The van der Waals surface area contributed by atoms with E-state index in [0.717, 1.165) is 34.2 Å². The number of aryl methyl sites for hydroxylation is 2.